The molecule has 0 saturated heterocycles. The predicted molar refractivity (Wildman–Crippen MR) is 87.3 cm³/mol. The second-order valence-corrected chi connectivity index (χ2v) is 6.00. The second-order valence-electron chi connectivity index (χ2n) is 4.80. The van der Waals surface area contributed by atoms with E-state index in [1.807, 2.05) is 6.92 Å². The number of H-pyrrole nitrogens is 1. The molecule has 116 valence electrons. The zero-order valence-corrected chi connectivity index (χ0v) is 12.9. The van der Waals surface area contributed by atoms with Crippen LogP contribution in [0.2, 0.25) is 0 Å². The molecule has 3 rings (SSSR count). The molecular formula is C16H12FN3O2S. The summed E-state index contributed by atoms with van der Waals surface area (Å²) in [5.41, 5.74) is 0.992. The van der Waals surface area contributed by atoms with E-state index in [1.54, 1.807) is 18.2 Å². The number of aryl methyl sites for hydroxylation is 1. The number of aromatic nitrogens is 2. The lowest BCUT2D eigenvalue weighted by Crippen LogP contribution is -2.22. The van der Waals surface area contributed by atoms with Gasteiger partial charge in [-0.2, -0.15) is 0 Å². The first-order chi connectivity index (χ1) is 11.0. The van der Waals surface area contributed by atoms with Crippen LogP contribution in [-0.2, 0) is 0 Å². The Morgan fingerprint density at radius 2 is 2.00 bits per heavy atom. The van der Waals surface area contributed by atoms with Gasteiger partial charge in [0.1, 0.15) is 11.4 Å². The van der Waals surface area contributed by atoms with Crippen LogP contribution in [0.3, 0.4) is 0 Å². The number of nitrogens with one attached hydrogen (secondary N) is 2. The van der Waals surface area contributed by atoms with E-state index in [0.717, 1.165) is 10.4 Å². The number of anilines is 1. The third kappa shape index (κ3) is 3.19. The van der Waals surface area contributed by atoms with Crippen LogP contribution in [0.1, 0.15) is 15.2 Å². The van der Waals surface area contributed by atoms with Crippen molar-refractivity contribution in [2.24, 2.45) is 0 Å². The van der Waals surface area contributed by atoms with Gasteiger partial charge >= 0.3 is 0 Å². The molecule has 3 aromatic rings. The van der Waals surface area contributed by atoms with Gasteiger partial charge < -0.3 is 4.98 Å². The van der Waals surface area contributed by atoms with Gasteiger partial charge in [0.05, 0.1) is 5.69 Å². The van der Waals surface area contributed by atoms with E-state index in [0.29, 0.717) is 10.8 Å². The highest BCUT2D eigenvalue weighted by Crippen LogP contribution is 2.30. The molecule has 2 aromatic heterocycles. The number of hydrogen-bond donors (Lipinski definition) is 2. The molecular weight excluding hydrogens is 317 g/mol. The topological polar surface area (TPSA) is 74.8 Å². The molecule has 0 aliphatic carbocycles. The van der Waals surface area contributed by atoms with Gasteiger partial charge in [-0.25, -0.2) is 9.37 Å². The molecule has 2 heterocycles. The van der Waals surface area contributed by atoms with E-state index < -0.39 is 11.5 Å². The molecule has 5 nitrogen and oxygen atoms in total. The molecule has 1 amide bonds. The maximum Gasteiger partial charge on any atom is 0.263 e. The van der Waals surface area contributed by atoms with Gasteiger partial charge in [-0.1, -0.05) is 0 Å². The molecule has 2 N–H and O–H groups in total. The number of benzene rings is 1. The number of carbonyl (C=O) groups excluding carboxylic acids is 1. The van der Waals surface area contributed by atoms with Gasteiger partial charge in [-0.05, 0) is 43.3 Å². The number of amides is 1. The lowest BCUT2D eigenvalue weighted by molar-refractivity contribution is 0.102. The first kappa shape index (κ1) is 15.1. The minimum atomic E-state index is -0.522. The Bertz CT molecular complexity index is 916. The highest BCUT2D eigenvalue weighted by molar-refractivity contribution is 7.16. The van der Waals surface area contributed by atoms with Crippen molar-refractivity contribution in [2.45, 2.75) is 6.92 Å². The van der Waals surface area contributed by atoms with Crippen LogP contribution in [0, 0.1) is 12.7 Å². The molecule has 0 atom stereocenters. The maximum atomic E-state index is 13.0. The van der Waals surface area contributed by atoms with E-state index in [-0.39, 0.29) is 11.4 Å². The van der Waals surface area contributed by atoms with E-state index in [2.05, 4.69) is 15.3 Å². The lowest BCUT2D eigenvalue weighted by atomic mass is 10.1. The van der Waals surface area contributed by atoms with Crippen LogP contribution >= 0.6 is 11.3 Å². The third-order valence-electron chi connectivity index (χ3n) is 3.20. The van der Waals surface area contributed by atoms with Gasteiger partial charge in [0, 0.05) is 16.6 Å². The number of thiazole rings is 1. The summed E-state index contributed by atoms with van der Waals surface area (Å²) in [6.45, 7) is 1.86. The smallest absolute Gasteiger partial charge is 0.263 e. The van der Waals surface area contributed by atoms with Crippen molar-refractivity contribution >= 4 is 22.4 Å². The molecule has 0 radical (unpaired) electrons. The van der Waals surface area contributed by atoms with Gasteiger partial charge in [0.2, 0.25) is 0 Å². The van der Waals surface area contributed by atoms with Crippen molar-refractivity contribution in [1.82, 2.24) is 9.97 Å². The molecule has 0 fully saturated rings. The molecule has 1 aromatic carbocycles. The summed E-state index contributed by atoms with van der Waals surface area (Å²) in [5.74, 6) is -0.843. The third-order valence-corrected chi connectivity index (χ3v) is 4.08. The molecule has 7 heteroatoms. The van der Waals surface area contributed by atoms with Gasteiger partial charge in [-0.15, -0.1) is 11.3 Å². The van der Waals surface area contributed by atoms with E-state index in [1.165, 1.54) is 35.7 Å². The number of halogens is 1. The first-order valence-corrected chi connectivity index (χ1v) is 7.58. The van der Waals surface area contributed by atoms with E-state index in [9.17, 15) is 14.0 Å². The number of pyridine rings is 1. The number of nitrogens with zero attached hydrogens (tertiary/aromatic N) is 1. The fraction of sp³-hybridized carbons (Fsp3) is 0.0625. The van der Waals surface area contributed by atoms with E-state index in [4.69, 9.17) is 0 Å². The molecule has 0 saturated carbocycles. The summed E-state index contributed by atoms with van der Waals surface area (Å²) >= 11 is 1.29. The summed E-state index contributed by atoms with van der Waals surface area (Å²) in [5, 5.41) is 3.00. The van der Waals surface area contributed by atoms with Crippen LogP contribution in [0.15, 0.2) is 47.4 Å². The number of aromatic amines is 1. The van der Waals surface area contributed by atoms with Crippen molar-refractivity contribution < 1.29 is 9.18 Å². The number of carbonyl (C=O) groups is 1. The number of hydrogen-bond acceptors (Lipinski definition) is 4. The molecule has 0 unspecified atom stereocenters. The molecule has 23 heavy (non-hydrogen) atoms. The molecule has 0 aliphatic heterocycles. The summed E-state index contributed by atoms with van der Waals surface area (Å²) in [7, 11) is 0. The predicted octanol–water partition coefficient (Wildman–Crippen LogP) is 3.20. The Kier molecular flexibility index (Phi) is 4.03. The summed E-state index contributed by atoms with van der Waals surface area (Å²) in [6.07, 6.45) is 1.46. The van der Waals surface area contributed by atoms with Crippen LogP contribution < -0.4 is 10.9 Å². The van der Waals surface area contributed by atoms with Crippen molar-refractivity contribution in [3.05, 3.63) is 69.2 Å². The fourth-order valence-corrected chi connectivity index (χ4v) is 2.92. The monoisotopic (exact) mass is 329 g/mol. The highest BCUT2D eigenvalue weighted by atomic mass is 32.1. The Labute approximate surface area is 134 Å². The Hall–Kier alpha value is -2.80. The standard InChI is InChI=1S/C16H12FN3O2S/c1-9-13(10-4-6-11(17)7-5-10)19-16(23-9)20-15(22)12-3-2-8-18-14(12)21/h2-8H,1H3,(H,18,21)(H,19,20,22). The van der Waals surface area contributed by atoms with Gasteiger partial charge in [0.15, 0.2) is 5.13 Å². The zero-order valence-electron chi connectivity index (χ0n) is 12.1. The summed E-state index contributed by atoms with van der Waals surface area (Å²) in [6, 6.07) is 8.99. The Balaban J connectivity index is 1.87. The quantitative estimate of drug-likeness (QED) is 0.775. The zero-order chi connectivity index (χ0) is 16.4. The Morgan fingerprint density at radius 1 is 1.26 bits per heavy atom. The summed E-state index contributed by atoms with van der Waals surface area (Å²) < 4.78 is 13.0. The van der Waals surface area contributed by atoms with Crippen molar-refractivity contribution in [3.8, 4) is 11.3 Å². The van der Waals surface area contributed by atoms with Crippen molar-refractivity contribution in [3.63, 3.8) is 0 Å². The maximum absolute atomic E-state index is 13.0. The first-order valence-electron chi connectivity index (χ1n) is 6.77. The SMILES string of the molecule is Cc1sc(NC(=O)c2ccc[nH]c2=O)nc1-c1ccc(F)cc1. The van der Waals surface area contributed by atoms with Crippen molar-refractivity contribution in [2.75, 3.05) is 5.32 Å². The van der Waals surface area contributed by atoms with Gasteiger partial charge in [0.25, 0.3) is 11.5 Å². The fourth-order valence-electron chi connectivity index (χ4n) is 2.09. The molecule has 0 spiro atoms. The second kappa shape index (κ2) is 6.13. The van der Waals surface area contributed by atoms with Crippen LogP contribution in [0.4, 0.5) is 9.52 Å². The highest BCUT2D eigenvalue weighted by Gasteiger charge is 2.15. The average Bonchev–Trinajstić information content (AvgIpc) is 2.89. The van der Waals surface area contributed by atoms with Crippen LogP contribution in [0.25, 0.3) is 11.3 Å². The molecule has 0 aliphatic rings. The van der Waals surface area contributed by atoms with Crippen LogP contribution in [0.5, 0.6) is 0 Å². The number of rotatable bonds is 3. The lowest BCUT2D eigenvalue weighted by Gasteiger charge is -2.00. The van der Waals surface area contributed by atoms with Gasteiger partial charge in [-0.3, -0.25) is 14.9 Å². The van der Waals surface area contributed by atoms with Crippen LogP contribution in [-0.4, -0.2) is 15.9 Å². The Morgan fingerprint density at radius 3 is 2.70 bits per heavy atom. The van der Waals surface area contributed by atoms with E-state index >= 15 is 0 Å². The normalized spacial score (nSPS) is 10.5. The average molecular weight is 329 g/mol. The minimum absolute atomic E-state index is 0.0173. The van der Waals surface area contributed by atoms with Crippen molar-refractivity contribution in [1.29, 1.82) is 0 Å². The minimum Gasteiger partial charge on any atom is -0.328 e. The summed E-state index contributed by atoms with van der Waals surface area (Å²) in [4.78, 5) is 31.4. The molecule has 0 bridgehead atoms. The largest absolute Gasteiger partial charge is 0.328 e.